The van der Waals surface area contributed by atoms with Crippen molar-refractivity contribution in [2.24, 2.45) is 5.92 Å². The molecular formula is C7H12O2. The molecule has 0 N–H and O–H groups in total. The van der Waals surface area contributed by atoms with Crippen LogP contribution in [0.1, 0.15) is 13.3 Å². The number of ether oxygens (including phenoxy) is 1. The molecule has 0 fully saturated rings. The van der Waals surface area contributed by atoms with Crippen molar-refractivity contribution in [3.8, 4) is 0 Å². The summed E-state index contributed by atoms with van der Waals surface area (Å²) >= 11 is 0. The van der Waals surface area contributed by atoms with Gasteiger partial charge in [0.15, 0.2) is 0 Å². The molecule has 0 aliphatic carbocycles. The van der Waals surface area contributed by atoms with E-state index in [1.807, 2.05) is 6.92 Å². The fourth-order valence-electron chi connectivity index (χ4n) is 0.430. The van der Waals surface area contributed by atoms with Gasteiger partial charge in [-0.15, -0.1) is 6.58 Å². The van der Waals surface area contributed by atoms with Crippen molar-refractivity contribution >= 4 is 5.97 Å². The molecule has 9 heavy (non-hydrogen) atoms. The number of hydrogen-bond donors (Lipinski definition) is 0. The summed E-state index contributed by atoms with van der Waals surface area (Å²) in [6.07, 6.45) is 2.16. The summed E-state index contributed by atoms with van der Waals surface area (Å²) < 4.78 is 4.44. The summed E-state index contributed by atoms with van der Waals surface area (Å²) in [7, 11) is 1.39. The minimum atomic E-state index is -0.178. The van der Waals surface area contributed by atoms with Gasteiger partial charge in [-0.1, -0.05) is 13.0 Å². The predicted molar refractivity (Wildman–Crippen MR) is 36.0 cm³/mol. The second-order valence-corrected chi connectivity index (χ2v) is 1.99. The standard InChI is InChI=1S/C7H12O2/c1-4-6(2)5-7(8)9-3/h4,6H,1,5H2,2-3H3/t6-/m1/s1. The summed E-state index contributed by atoms with van der Waals surface area (Å²) in [6.45, 7) is 5.46. The molecule has 0 radical (unpaired) electrons. The van der Waals surface area contributed by atoms with Gasteiger partial charge in [0.25, 0.3) is 0 Å². The van der Waals surface area contributed by atoms with E-state index in [-0.39, 0.29) is 11.9 Å². The lowest BCUT2D eigenvalue weighted by Gasteiger charge is -2.01. The monoisotopic (exact) mass is 128 g/mol. The third-order valence-corrected chi connectivity index (χ3v) is 1.12. The molecule has 0 aromatic rings. The van der Waals surface area contributed by atoms with Crippen LogP contribution in [0.4, 0.5) is 0 Å². The molecule has 2 nitrogen and oxygen atoms in total. The van der Waals surface area contributed by atoms with Crippen LogP contribution < -0.4 is 0 Å². The summed E-state index contributed by atoms with van der Waals surface area (Å²) in [5.74, 6) is 0.0415. The highest BCUT2D eigenvalue weighted by Gasteiger charge is 2.03. The van der Waals surface area contributed by atoms with Gasteiger partial charge >= 0.3 is 5.97 Å². The Bertz CT molecular complexity index is 107. The van der Waals surface area contributed by atoms with Gasteiger partial charge in [0.05, 0.1) is 13.5 Å². The number of carbonyl (C=O) groups is 1. The Labute approximate surface area is 55.5 Å². The molecule has 2 heteroatoms. The quantitative estimate of drug-likeness (QED) is 0.424. The minimum Gasteiger partial charge on any atom is -0.469 e. The summed E-state index contributed by atoms with van der Waals surface area (Å²) in [5.41, 5.74) is 0. The number of esters is 1. The van der Waals surface area contributed by atoms with Crippen LogP contribution in [-0.4, -0.2) is 13.1 Å². The molecular weight excluding hydrogens is 116 g/mol. The SMILES string of the molecule is C=C[C@@H](C)CC(=O)OC. The zero-order valence-electron chi connectivity index (χ0n) is 5.89. The first-order chi connectivity index (χ1) is 4.20. The van der Waals surface area contributed by atoms with E-state index in [2.05, 4.69) is 11.3 Å². The van der Waals surface area contributed by atoms with E-state index in [1.165, 1.54) is 7.11 Å². The minimum absolute atomic E-state index is 0.178. The zero-order chi connectivity index (χ0) is 7.28. The van der Waals surface area contributed by atoms with Gasteiger partial charge in [0, 0.05) is 0 Å². The Morgan fingerprint density at radius 3 is 2.78 bits per heavy atom. The van der Waals surface area contributed by atoms with Crippen LogP contribution in [0.25, 0.3) is 0 Å². The lowest BCUT2D eigenvalue weighted by molar-refractivity contribution is -0.141. The number of allylic oxidation sites excluding steroid dienone is 1. The Morgan fingerprint density at radius 2 is 2.44 bits per heavy atom. The molecule has 1 atom stereocenters. The highest BCUT2D eigenvalue weighted by Crippen LogP contribution is 2.02. The largest absolute Gasteiger partial charge is 0.469 e. The first-order valence-electron chi connectivity index (χ1n) is 2.90. The average molecular weight is 128 g/mol. The number of rotatable bonds is 3. The van der Waals surface area contributed by atoms with Crippen LogP contribution >= 0.6 is 0 Å². The van der Waals surface area contributed by atoms with E-state index in [4.69, 9.17) is 0 Å². The second-order valence-electron chi connectivity index (χ2n) is 1.99. The normalized spacial score (nSPS) is 12.2. The van der Waals surface area contributed by atoms with Gasteiger partial charge in [-0.3, -0.25) is 4.79 Å². The zero-order valence-corrected chi connectivity index (χ0v) is 5.89. The molecule has 0 amide bonds. The third kappa shape index (κ3) is 3.76. The smallest absolute Gasteiger partial charge is 0.306 e. The van der Waals surface area contributed by atoms with E-state index in [0.29, 0.717) is 6.42 Å². The Balaban J connectivity index is 3.46. The van der Waals surface area contributed by atoms with E-state index in [0.717, 1.165) is 0 Å². The molecule has 0 aliphatic rings. The van der Waals surface area contributed by atoms with Crippen molar-refractivity contribution in [1.29, 1.82) is 0 Å². The molecule has 52 valence electrons. The predicted octanol–water partition coefficient (Wildman–Crippen LogP) is 1.37. The molecule has 0 heterocycles. The molecule has 0 saturated carbocycles. The van der Waals surface area contributed by atoms with Gasteiger partial charge in [-0.2, -0.15) is 0 Å². The number of methoxy groups -OCH3 is 1. The van der Waals surface area contributed by atoms with Crippen LogP contribution in [-0.2, 0) is 9.53 Å². The Kier molecular flexibility index (Phi) is 3.76. The van der Waals surface area contributed by atoms with Crippen molar-refractivity contribution in [3.05, 3.63) is 12.7 Å². The van der Waals surface area contributed by atoms with Gasteiger partial charge in [-0.05, 0) is 5.92 Å². The topological polar surface area (TPSA) is 26.3 Å². The van der Waals surface area contributed by atoms with Crippen LogP contribution in [0.3, 0.4) is 0 Å². The molecule has 0 aromatic heterocycles. The highest BCUT2D eigenvalue weighted by molar-refractivity contribution is 5.69. The van der Waals surface area contributed by atoms with Crippen molar-refractivity contribution in [2.45, 2.75) is 13.3 Å². The lowest BCUT2D eigenvalue weighted by Crippen LogP contribution is -2.04. The maximum Gasteiger partial charge on any atom is 0.306 e. The van der Waals surface area contributed by atoms with E-state index >= 15 is 0 Å². The molecule has 0 aromatic carbocycles. The van der Waals surface area contributed by atoms with Gasteiger partial charge in [-0.25, -0.2) is 0 Å². The maximum absolute atomic E-state index is 10.5. The molecule has 0 aliphatic heterocycles. The van der Waals surface area contributed by atoms with Crippen molar-refractivity contribution in [1.82, 2.24) is 0 Å². The number of carbonyl (C=O) groups excluding carboxylic acids is 1. The van der Waals surface area contributed by atoms with E-state index in [9.17, 15) is 4.79 Å². The van der Waals surface area contributed by atoms with Gasteiger partial charge in [0.1, 0.15) is 0 Å². The van der Waals surface area contributed by atoms with Crippen molar-refractivity contribution in [2.75, 3.05) is 7.11 Å². The van der Waals surface area contributed by atoms with E-state index in [1.54, 1.807) is 6.08 Å². The third-order valence-electron chi connectivity index (χ3n) is 1.12. The fourth-order valence-corrected chi connectivity index (χ4v) is 0.430. The van der Waals surface area contributed by atoms with Crippen LogP contribution in [0.5, 0.6) is 0 Å². The first-order valence-corrected chi connectivity index (χ1v) is 2.90. The molecule has 0 unspecified atom stereocenters. The Morgan fingerprint density at radius 1 is 1.89 bits per heavy atom. The van der Waals surface area contributed by atoms with E-state index < -0.39 is 0 Å². The fraction of sp³-hybridized carbons (Fsp3) is 0.571. The summed E-state index contributed by atoms with van der Waals surface area (Å²) in [6, 6.07) is 0. The van der Waals surface area contributed by atoms with Gasteiger partial charge < -0.3 is 4.74 Å². The Hall–Kier alpha value is -0.790. The van der Waals surface area contributed by atoms with Gasteiger partial charge in [0.2, 0.25) is 0 Å². The molecule has 0 bridgehead atoms. The van der Waals surface area contributed by atoms with Crippen LogP contribution in [0, 0.1) is 5.92 Å². The second kappa shape index (κ2) is 4.13. The van der Waals surface area contributed by atoms with Crippen LogP contribution in [0.15, 0.2) is 12.7 Å². The lowest BCUT2D eigenvalue weighted by atomic mass is 10.1. The molecule has 0 saturated heterocycles. The number of hydrogen-bond acceptors (Lipinski definition) is 2. The first kappa shape index (κ1) is 8.21. The molecule has 0 rings (SSSR count). The van der Waals surface area contributed by atoms with Crippen molar-refractivity contribution in [3.63, 3.8) is 0 Å². The van der Waals surface area contributed by atoms with Crippen molar-refractivity contribution < 1.29 is 9.53 Å². The molecule has 0 spiro atoms. The average Bonchev–Trinajstić information content (AvgIpc) is 1.87. The van der Waals surface area contributed by atoms with Crippen LogP contribution in [0.2, 0.25) is 0 Å². The summed E-state index contributed by atoms with van der Waals surface area (Å²) in [5, 5.41) is 0. The maximum atomic E-state index is 10.5. The highest BCUT2D eigenvalue weighted by atomic mass is 16.5. The summed E-state index contributed by atoms with van der Waals surface area (Å²) in [4.78, 5) is 10.5.